The molecule has 1 fully saturated rings. The minimum atomic E-state index is -0.422. The number of aliphatic imine (C=N–C) groups is 1. The largest absolute Gasteiger partial charge is 0.444 e. The zero-order valence-corrected chi connectivity index (χ0v) is 13.3. The Labute approximate surface area is 122 Å². The molecule has 0 aromatic rings. The van der Waals surface area contributed by atoms with Crippen LogP contribution in [0.2, 0.25) is 0 Å². The van der Waals surface area contributed by atoms with Gasteiger partial charge in [0, 0.05) is 33.7 Å². The molecule has 1 rings (SSSR count). The molecular weight excluding hydrogens is 256 g/mol. The van der Waals surface area contributed by atoms with Crippen LogP contribution in [-0.4, -0.2) is 56.3 Å². The summed E-state index contributed by atoms with van der Waals surface area (Å²) in [6.45, 7) is 8.09. The van der Waals surface area contributed by atoms with Gasteiger partial charge in [-0.1, -0.05) is 0 Å². The number of ether oxygens (including phenoxy) is 1. The van der Waals surface area contributed by atoms with Crippen molar-refractivity contribution < 1.29 is 9.53 Å². The molecule has 0 aromatic heterocycles. The predicted octanol–water partition coefficient (Wildman–Crippen LogP) is 1.43. The van der Waals surface area contributed by atoms with Gasteiger partial charge < -0.3 is 20.3 Å². The minimum absolute atomic E-state index is 0.199. The van der Waals surface area contributed by atoms with E-state index in [4.69, 9.17) is 4.74 Å². The number of guanidine groups is 1. The monoisotopic (exact) mass is 284 g/mol. The third-order valence-electron chi connectivity index (χ3n) is 3.28. The quantitative estimate of drug-likeness (QED) is 0.595. The maximum atomic E-state index is 11.9. The lowest BCUT2D eigenvalue weighted by molar-refractivity contribution is 0.0185. The number of nitrogens with one attached hydrogen (secondary N) is 2. The molecule has 116 valence electrons. The highest BCUT2D eigenvalue weighted by Crippen LogP contribution is 2.19. The van der Waals surface area contributed by atoms with Gasteiger partial charge in [-0.2, -0.15) is 0 Å². The van der Waals surface area contributed by atoms with Crippen LogP contribution in [0.3, 0.4) is 0 Å². The van der Waals surface area contributed by atoms with Crippen molar-refractivity contribution in [1.29, 1.82) is 0 Å². The third kappa shape index (κ3) is 5.67. The molecule has 0 saturated carbocycles. The van der Waals surface area contributed by atoms with Crippen molar-refractivity contribution in [2.75, 3.05) is 33.7 Å². The van der Waals surface area contributed by atoms with Crippen molar-refractivity contribution in [2.45, 2.75) is 39.2 Å². The lowest BCUT2D eigenvalue weighted by Gasteiger charge is -2.33. The molecule has 0 bridgehead atoms. The highest BCUT2D eigenvalue weighted by molar-refractivity contribution is 5.79. The summed E-state index contributed by atoms with van der Waals surface area (Å²) < 4.78 is 5.39. The molecule has 6 heteroatoms. The SMILES string of the molecule is CN=C(NC)NCC1CCN(C(=O)OC(C)(C)C)CC1. The van der Waals surface area contributed by atoms with Gasteiger partial charge in [0.15, 0.2) is 5.96 Å². The first-order valence-corrected chi connectivity index (χ1v) is 7.22. The van der Waals surface area contributed by atoms with Crippen molar-refractivity contribution in [3.63, 3.8) is 0 Å². The van der Waals surface area contributed by atoms with Gasteiger partial charge in [-0.3, -0.25) is 4.99 Å². The first-order chi connectivity index (χ1) is 9.35. The highest BCUT2D eigenvalue weighted by atomic mass is 16.6. The molecule has 1 heterocycles. The summed E-state index contributed by atoms with van der Waals surface area (Å²) in [6.07, 6.45) is 1.79. The third-order valence-corrected chi connectivity index (χ3v) is 3.28. The van der Waals surface area contributed by atoms with E-state index in [2.05, 4.69) is 15.6 Å². The molecule has 2 N–H and O–H groups in total. The summed E-state index contributed by atoms with van der Waals surface area (Å²) in [5.41, 5.74) is -0.422. The van der Waals surface area contributed by atoms with Gasteiger partial charge >= 0.3 is 6.09 Å². The van der Waals surface area contributed by atoms with E-state index in [1.165, 1.54) is 0 Å². The smallest absolute Gasteiger partial charge is 0.410 e. The van der Waals surface area contributed by atoms with Crippen LogP contribution in [0, 0.1) is 5.92 Å². The Bertz CT molecular complexity index is 342. The first-order valence-electron chi connectivity index (χ1n) is 7.22. The molecule has 0 unspecified atom stereocenters. The van der Waals surface area contributed by atoms with E-state index in [1.807, 2.05) is 27.8 Å². The molecule has 0 spiro atoms. The number of rotatable bonds is 2. The van der Waals surface area contributed by atoms with E-state index < -0.39 is 5.60 Å². The van der Waals surface area contributed by atoms with Gasteiger partial charge in [0.1, 0.15) is 5.60 Å². The Balaban J connectivity index is 2.31. The van der Waals surface area contributed by atoms with Crippen LogP contribution in [-0.2, 0) is 4.74 Å². The standard InChI is InChI=1S/C14H28N4O2/c1-14(2,3)20-13(19)18-8-6-11(7-9-18)10-17-12(15-4)16-5/h11H,6-10H2,1-5H3,(H2,15,16,17). The van der Waals surface area contributed by atoms with Crippen LogP contribution in [0.15, 0.2) is 4.99 Å². The molecule has 0 atom stereocenters. The molecule has 0 aromatic carbocycles. The second kappa shape index (κ2) is 7.36. The summed E-state index contributed by atoms with van der Waals surface area (Å²) in [5, 5.41) is 6.27. The predicted molar refractivity (Wildman–Crippen MR) is 81.0 cm³/mol. The number of hydrogen-bond donors (Lipinski definition) is 2. The Morgan fingerprint density at radius 3 is 2.40 bits per heavy atom. The Kier molecular flexibility index (Phi) is 6.10. The number of likely N-dealkylation sites (tertiary alicyclic amines) is 1. The van der Waals surface area contributed by atoms with Crippen LogP contribution in [0.1, 0.15) is 33.6 Å². The van der Waals surface area contributed by atoms with Crippen LogP contribution < -0.4 is 10.6 Å². The molecule has 0 aliphatic carbocycles. The minimum Gasteiger partial charge on any atom is -0.444 e. The molecule has 1 amide bonds. The van der Waals surface area contributed by atoms with E-state index in [0.717, 1.165) is 38.4 Å². The van der Waals surface area contributed by atoms with E-state index in [1.54, 1.807) is 11.9 Å². The van der Waals surface area contributed by atoms with Crippen LogP contribution in [0.4, 0.5) is 4.79 Å². The second-order valence-electron chi connectivity index (χ2n) is 6.11. The number of carbonyl (C=O) groups is 1. The first kappa shape index (κ1) is 16.6. The van der Waals surface area contributed by atoms with E-state index in [-0.39, 0.29) is 6.09 Å². The molecule has 20 heavy (non-hydrogen) atoms. The van der Waals surface area contributed by atoms with Crippen molar-refractivity contribution >= 4 is 12.1 Å². The van der Waals surface area contributed by atoms with E-state index in [0.29, 0.717) is 5.92 Å². The summed E-state index contributed by atoms with van der Waals surface area (Å²) in [4.78, 5) is 17.8. The average Bonchev–Trinajstić information content (AvgIpc) is 2.38. The van der Waals surface area contributed by atoms with Crippen LogP contribution >= 0.6 is 0 Å². The van der Waals surface area contributed by atoms with Gasteiger partial charge in [0.25, 0.3) is 0 Å². The topological polar surface area (TPSA) is 66.0 Å². The summed E-state index contributed by atoms with van der Waals surface area (Å²) >= 11 is 0. The second-order valence-corrected chi connectivity index (χ2v) is 6.11. The average molecular weight is 284 g/mol. The van der Waals surface area contributed by atoms with Crippen molar-refractivity contribution in [3.05, 3.63) is 0 Å². The number of piperidine rings is 1. The summed E-state index contributed by atoms with van der Waals surface area (Å²) in [7, 11) is 3.60. The van der Waals surface area contributed by atoms with Crippen molar-refractivity contribution in [2.24, 2.45) is 10.9 Å². The maximum absolute atomic E-state index is 11.9. The zero-order valence-electron chi connectivity index (χ0n) is 13.3. The lowest BCUT2D eigenvalue weighted by Crippen LogP contribution is -2.44. The van der Waals surface area contributed by atoms with Crippen LogP contribution in [0.5, 0.6) is 0 Å². The zero-order chi connectivity index (χ0) is 15.2. The number of carbonyl (C=O) groups excluding carboxylic acids is 1. The fraction of sp³-hybridized carbons (Fsp3) is 0.857. The lowest BCUT2D eigenvalue weighted by atomic mass is 9.97. The fourth-order valence-corrected chi connectivity index (χ4v) is 2.17. The van der Waals surface area contributed by atoms with Crippen LogP contribution in [0.25, 0.3) is 0 Å². The Hall–Kier alpha value is -1.46. The van der Waals surface area contributed by atoms with E-state index >= 15 is 0 Å². The Morgan fingerprint density at radius 1 is 1.35 bits per heavy atom. The summed E-state index contributed by atoms with van der Waals surface area (Å²) in [6, 6.07) is 0. The molecule has 1 aliphatic rings. The normalized spacial score (nSPS) is 17.9. The molecular formula is C14H28N4O2. The number of nitrogens with zero attached hydrogens (tertiary/aromatic N) is 2. The van der Waals surface area contributed by atoms with Gasteiger partial charge in [-0.25, -0.2) is 4.79 Å². The maximum Gasteiger partial charge on any atom is 0.410 e. The highest BCUT2D eigenvalue weighted by Gasteiger charge is 2.26. The van der Waals surface area contributed by atoms with Crippen molar-refractivity contribution in [1.82, 2.24) is 15.5 Å². The van der Waals surface area contributed by atoms with E-state index in [9.17, 15) is 4.79 Å². The number of amides is 1. The summed E-state index contributed by atoms with van der Waals surface area (Å²) in [5.74, 6) is 1.37. The molecule has 1 saturated heterocycles. The Morgan fingerprint density at radius 2 is 1.95 bits per heavy atom. The van der Waals surface area contributed by atoms with Gasteiger partial charge in [-0.15, -0.1) is 0 Å². The van der Waals surface area contributed by atoms with Gasteiger partial charge in [0.2, 0.25) is 0 Å². The van der Waals surface area contributed by atoms with Gasteiger partial charge in [-0.05, 0) is 39.5 Å². The van der Waals surface area contributed by atoms with Crippen molar-refractivity contribution in [3.8, 4) is 0 Å². The molecule has 0 radical (unpaired) electrons. The molecule has 6 nitrogen and oxygen atoms in total. The number of hydrogen-bond acceptors (Lipinski definition) is 3. The fourth-order valence-electron chi connectivity index (χ4n) is 2.17. The van der Waals surface area contributed by atoms with Gasteiger partial charge in [0.05, 0.1) is 0 Å². The molecule has 1 aliphatic heterocycles.